The van der Waals surface area contributed by atoms with Crippen LogP contribution in [0.4, 0.5) is 0 Å². The topological polar surface area (TPSA) is 61.6 Å². The lowest BCUT2D eigenvalue weighted by molar-refractivity contribution is -0.580. The van der Waals surface area contributed by atoms with Crippen molar-refractivity contribution in [3.05, 3.63) is 46.0 Å². The van der Waals surface area contributed by atoms with Crippen molar-refractivity contribution in [3.63, 3.8) is 0 Å². The molecule has 102 valence electrons. The lowest BCUT2D eigenvalue weighted by Gasteiger charge is -2.27. The van der Waals surface area contributed by atoms with Crippen LogP contribution >= 0.6 is 0 Å². The van der Waals surface area contributed by atoms with E-state index in [4.69, 9.17) is 9.47 Å². The van der Waals surface area contributed by atoms with Gasteiger partial charge in [-0.25, -0.2) is 0 Å². The van der Waals surface area contributed by atoms with E-state index in [1.807, 2.05) is 12.2 Å². The maximum atomic E-state index is 11.5. The molecule has 0 fully saturated rings. The van der Waals surface area contributed by atoms with Gasteiger partial charge in [0.25, 0.3) is 5.54 Å². The van der Waals surface area contributed by atoms with Crippen molar-refractivity contribution in [2.45, 2.75) is 24.8 Å². The van der Waals surface area contributed by atoms with Gasteiger partial charge in [0.2, 0.25) is 0 Å². The Bertz CT molecular complexity index is 512. The lowest BCUT2D eigenvalue weighted by atomic mass is 9.80. The smallest absolute Gasteiger partial charge is 0.250 e. The first-order valence-electron chi connectivity index (χ1n) is 6.16. The first-order valence-corrected chi connectivity index (χ1v) is 6.16. The minimum atomic E-state index is -1.05. The van der Waals surface area contributed by atoms with E-state index in [0.29, 0.717) is 29.9 Å². The Labute approximate surface area is 112 Å². The molecule has 0 saturated heterocycles. The number of benzene rings is 1. The minimum absolute atomic E-state index is 0.183. The summed E-state index contributed by atoms with van der Waals surface area (Å²) in [6, 6.07) is 5.18. The molecular formula is C14H17NO4. The summed E-state index contributed by atoms with van der Waals surface area (Å²) in [5.74, 6) is 1.10. The molecule has 0 bridgehead atoms. The van der Waals surface area contributed by atoms with Crippen molar-refractivity contribution in [2.24, 2.45) is 0 Å². The van der Waals surface area contributed by atoms with Gasteiger partial charge in [0, 0.05) is 23.3 Å². The summed E-state index contributed by atoms with van der Waals surface area (Å²) >= 11 is 0. The van der Waals surface area contributed by atoms with Crippen LogP contribution in [0.3, 0.4) is 0 Å². The van der Waals surface area contributed by atoms with E-state index in [1.54, 1.807) is 25.3 Å². The molecule has 5 nitrogen and oxygen atoms in total. The van der Waals surface area contributed by atoms with Gasteiger partial charge in [0.05, 0.1) is 14.2 Å². The van der Waals surface area contributed by atoms with Gasteiger partial charge in [0.15, 0.2) is 11.5 Å². The van der Waals surface area contributed by atoms with E-state index < -0.39 is 5.54 Å². The van der Waals surface area contributed by atoms with Crippen LogP contribution in [0.25, 0.3) is 0 Å². The van der Waals surface area contributed by atoms with Gasteiger partial charge >= 0.3 is 0 Å². The predicted octanol–water partition coefficient (Wildman–Crippen LogP) is 2.92. The Morgan fingerprint density at radius 1 is 1.21 bits per heavy atom. The minimum Gasteiger partial charge on any atom is -0.493 e. The van der Waals surface area contributed by atoms with Gasteiger partial charge in [-0.3, -0.25) is 10.1 Å². The van der Waals surface area contributed by atoms with Gasteiger partial charge in [0.1, 0.15) is 0 Å². The molecule has 0 heterocycles. The number of allylic oxidation sites excluding steroid dienone is 1. The molecule has 0 aromatic heterocycles. The number of hydrogen-bond donors (Lipinski definition) is 0. The van der Waals surface area contributed by atoms with Crippen LogP contribution in [0.2, 0.25) is 0 Å². The lowest BCUT2D eigenvalue weighted by Crippen LogP contribution is -2.36. The van der Waals surface area contributed by atoms with Crippen molar-refractivity contribution < 1.29 is 14.4 Å². The van der Waals surface area contributed by atoms with Gasteiger partial charge in [-0.05, 0) is 24.6 Å². The number of rotatable bonds is 4. The Balaban J connectivity index is 2.48. The summed E-state index contributed by atoms with van der Waals surface area (Å²) in [5.41, 5.74) is -0.381. The molecule has 1 aliphatic carbocycles. The summed E-state index contributed by atoms with van der Waals surface area (Å²) in [6.07, 6.45) is 5.50. The number of ether oxygens (including phenoxy) is 2. The zero-order valence-electron chi connectivity index (χ0n) is 11.1. The van der Waals surface area contributed by atoms with E-state index in [2.05, 4.69) is 0 Å². The molecule has 0 N–H and O–H groups in total. The molecule has 1 aliphatic rings. The summed E-state index contributed by atoms with van der Waals surface area (Å²) < 4.78 is 10.4. The highest BCUT2D eigenvalue weighted by Gasteiger charge is 2.44. The largest absolute Gasteiger partial charge is 0.493 e. The number of nitrogens with zero attached hydrogens (tertiary/aromatic N) is 1. The Hall–Kier alpha value is -2.04. The molecule has 0 aliphatic heterocycles. The van der Waals surface area contributed by atoms with Gasteiger partial charge in [-0.15, -0.1) is 0 Å². The highest BCUT2D eigenvalue weighted by Crippen LogP contribution is 2.40. The maximum absolute atomic E-state index is 11.5. The molecule has 0 radical (unpaired) electrons. The van der Waals surface area contributed by atoms with E-state index in [1.165, 1.54) is 7.11 Å². The molecule has 1 atom stereocenters. The molecule has 19 heavy (non-hydrogen) atoms. The Kier molecular flexibility index (Phi) is 3.74. The third-order valence-electron chi connectivity index (χ3n) is 3.62. The predicted molar refractivity (Wildman–Crippen MR) is 71.2 cm³/mol. The Morgan fingerprint density at radius 3 is 2.47 bits per heavy atom. The van der Waals surface area contributed by atoms with Crippen LogP contribution in [-0.2, 0) is 5.54 Å². The first-order chi connectivity index (χ1) is 9.14. The number of hydrogen-bond acceptors (Lipinski definition) is 4. The standard InChI is InChI=1S/C14H17NO4/c1-18-12-7-6-11(10-13(12)19-2)14(15(16)17)8-4-3-5-9-14/h3-4,6-7,10H,5,8-9H2,1-2H3/t14-/m1/s1. The third kappa shape index (κ3) is 2.28. The second-order valence-corrected chi connectivity index (χ2v) is 4.57. The van der Waals surface area contributed by atoms with Gasteiger partial charge in [-0.2, -0.15) is 0 Å². The molecule has 0 unspecified atom stereocenters. The van der Waals surface area contributed by atoms with Crippen LogP contribution in [0.15, 0.2) is 30.4 Å². The summed E-state index contributed by atoms with van der Waals surface area (Å²) in [6.45, 7) is 0. The van der Waals surface area contributed by atoms with Crippen LogP contribution in [0.5, 0.6) is 11.5 Å². The van der Waals surface area contributed by atoms with E-state index in [9.17, 15) is 10.1 Å². The van der Waals surface area contributed by atoms with Crippen LogP contribution in [-0.4, -0.2) is 19.1 Å². The molecular weight excluding hydrogens is 246 g/mol. The fourth-order valence-corrected chi connectivity index (χ4v) is 2.48. The summed E-state index contributed by atoms with van der Waals surface area (Å²) in [7, 11) is 3.07. The number of methoxy groups -OCH3 is 2. The van der Waals surface area contributed by atoms with Crippen LogP contribution in [0, 0.1) is 10.1 Å². The van der Waals surface area contributed by atoms with Crippen molar-refractivity contribution in [1.29, 1.82) is 0 Å². The van der Waals surface area contributed by atoms with Crippen LogP contribution in [0.1, 0.15) is 24.8 Å². The highest BCUT2D eigenvalue weighted by molar-refractivity contribution is 5.45. The van der Waals surface area contributed by atoms with Gasteiger partial charge in [-0.1, -0.05) is 12.2 Å². The third-order valence-corrected chi connectivity index (χ3v) is 3.62. The molecule has 0 amide bonds. The fraction of sp³-hybridized carbons (Fsp3) is 0.429. The molecule has 1 aromatic rings. The fourth-order valence-electron chi connectivity index (χ4n) is 2.48. The van der Waals surface area contributed by atoms with E-state index in [0.717, 1.165) is 6.42 Å². The molecule has 5 heteroatoms. The van der Waals surface area contributed by atoms with Crippen molar-refractivity contribution in [1.82, 2.24) is 0 Å². The van der Waals surface area contributed by atoms with Crippen molar-refractivity contribution in [2.75, 3.05) is 14.2 Å². The normalized spacial score (nSPS) is 22.0. The zero-order chi connectivity index (χ0) is 13.9. The van der Waals surface area contributed by atoms with E-state index in [-0.39, 0.29) is 4.92 Å². The molecule has 1 aromatic carbocycles. The molecule has 0 saturated carbocycles. The summed E-state index contributed by atoms with van der Waals surface area (Å²) in [5, 5.41) is 11.5. The molecule has 0 spiro atoms. The average Bonchev–Trinajstić information content (AvgIpc) is 2.47. The second-order valence-electron chi connectivity index (χ2n) is 4.57. The quantitative estimate of drug-likeness (QED) is 0.476. The average molecular weight is 263 g/mol. The Morgan fingerprint density at radius 2 is 1.95 bits per heavy atom. The monoisotopic (exact) mass is 263 g/mol. The molecule has 2 rings (SSSR count). The van der Waals surface area contributed by atoms with Gasteiger partial charge < -0.3 is 9.47 Å². The number of nitro groups is 1. The zero-order valence-corrected chi connectivity index (χ0v) is 11.1. The van der Waals surface area contributed by atoms with E-state index >= 15 is 0 Å². The van der Waals surface area contributed by atoms with Crippen LogP contribution < -0.4 is 9.47 Å². The van der Waals surface area contributed by atoms with Crippen molar-refractivity contribution in [3.8, 4) is 11.5 Å². The SMILES string of the molecule is COc1ccc([C@@]2([N+](=O)[O-])CC=CCC2)cc1OC. The van der Waals surface area contributed by atoms with Crippen molar-refractivity contribution >= 4 is 0 Å². The first kappa shape index (κ1) is 13.4. The second kappa shape index (κ2) is 5.30. The maximum Gasteiger partial charge on any atom is 0.250 e. The summed E-state index contributed by atoms with van der Waals surface area (Å²) in [4.78, 5) is 11.3. The highest BCUT2D eigenvalue weighted by atomic mass is 16.6.